The molecule has 0 amide bonds. The zero-order chi connectivity index (χ0) is 15.0. The Morgan fingerprint density at radius 1 is 1.00 bits per heavy atom. The topological polar surface area (TPSA) is 29.3 Å². The smallest absolute Gasteiger partial charge is 0.126 e. The van der Waals surface area contributed by atoms with Gasteiger partial charge >= 0.3 is 0 Å². The van der Waals surface area contributed by atoms with Crippen molar-refractivity contribution in [2.24, 2.45) is 5.73 Å². The summed E-state index contributed by atoms with van der Waals surface area (Å²) in [5, 5.41) is 0. The molecule has 0 bridgehead atoms. The molecule has 1 rings (SSSR count). The summed E-state index contributed by atoms with van der Waals surface area (Å²) >= 11 is 0. The Labute approximate surface area is 121 Å². The number of nitrogens with two attached hydrogens (primary N) is 1. The average molecular weight is 284 g/mol. The second-order valence-electron chi connectivity index (χ2n) is 5.20. The van der Waals surface area contributed by atoms with E-state index in [4.69, 9.17) is 5.73 Å². The van der Waals surface area contributed by atoms with Gasteiger partial charge in [-0.25, -0.2) is 8.78 Å². The number of benzene rings is 1. The van der Waals surface area contributed by atoms with E-state index in [-0.39, 0.29) is 6.04 Å². The number of rotatable bonds is 9. The second kappa shape index (κ2) is 9.03. The highest BCUT2D eigenvalue weighted by Crippen LogP contribution is 2.23. The molecule has 0 aromatic heterocycles. The molecular formula is C16H26F2N2. The van der Waals surface area contributed by atoms with Gasteiger partial charge in [0, 0.05) is 18.7 Å². The zero-order valence-corrected chi connectivity index (χ0v) is 12.5. The molecule has 20 heavy (non-hydrogen) atoms. The highest BCUT2D eigenvalue weighted by Gasteiger charge is 2.19. The lowest BCUT2D eigenvalue weighted by atomic mass is 10.0. The van der Waals surface area contributed by atoms with E-state index in [1.54, 1.807) is 0 Å². The first-order chi connectivity index (χ1) is 9.62. The lowest BCUT2D eigenvalue weighted by molar-refractivity contribution is 0.195. The van der Waals surface area contributed by atoms with Crippen LogP contribution in [-0.4, -0.2) is 24.5 Å². The minimum Gasteiger partial charge on any atom is -0.329 e. The first kappa shape index (κ1) is 17.1. The molecule has 0 aliphatic heterocycles. The van der Waals surface area contributed by atoms with Crippen LogP contribution in [0.5, 0.6) is 0 Å². The van der Waals surface area contributed by atoms with Crippen LogP contribution in [0.15, 0.2) is 18.2 Å². The Balaban J connectivity index is 2.91. The van der Waals surface area contributed by atoms with E-state index in [0.717, 1.165) is 44.8 Å². The van der Waals surface area contributed by atoms with Crippen molar-refractivity contribution in [2.45, 2.75) is 45.6 Å². The standard InChI is InChI=1S/C16H26F2N2/c1-3-5-7-20(8-6-4-2)16(12-19)13-9-14(17)11-15(18)10-13/h9-11,16H,3-8,12,19H2,1-2H3. The SMILES string of the molecule is CCCCN(CCCC)C(CN)c1cc(F)cc(F)c1. The quantitative estimate of drug-likeness (QED) is 0.746. The predicted octanol–water partition coefficient (Wildman–Crippen LogP) is 3.87. The third-order valence-corrected chi connectivity index (χ3v) is 3.53. The number of hydrogen-bond acceptors (Lipinski definition) is 2. The summed E-state index contributed by atoms with van der Waals surface area (Å²) in [6, 6.07) is 3.58. The van der Waals surface area contributed by atoms with Gasteiger partial charge < -0.3 is 5.73 Å². The van der Waals surface area contributed by atoms with E-state index < -0.39 is 11.6 Å². The molecule has 2 nitrogen and oxygen atoms in total. The molecule has 0 aliphatic carbocycles. The van der Waals surface area contributed by atoms with E-state index in [1.807, 2.05) is 0 Å². The van der Waals surface area contributed by atoms with Crippen LogP contribution < -0.4 is 5.73 Å². The van der Waals surface area contributed by atoms with E-state index in [2.05, 4.69) is 18.7 Å². The Bertz CT molecular complexity index is 368. The van der Waals surface area contributed by atoms with Crippen LogP contribution in [-0.2, 0) is 0 Å². The highest BCUT2D eigenvalue weighted by molar-refractivity contribution is 5.22. The van der Waals surface area contributed by atoms with Gasteiger partial charge in [0.2, 0.25) is 0 Å². The van der Waals surface area contributed by atoms with Crippen molar-refractivity contribution >= 4 is 0 Å². The summed E-state index contributed by atoms with van der Waals surface area (Å²) in [5.41, 5.74) is 6.50. The lowest BCUT2D eigenvalue weighted by Gasteiger charge is -2.31. The molecule has 1 atom stereocenters. The summed E-state index contributed by atoms with van der Waals surface area (Å²) in [5.74, 6) is -1.08. The van der Waals surface area contributed by atoms with Crippen molar-refractivity contribution in [2.75, 3.05) is 19.6 Å². The molecule has 1 aromatic rings. The maximum absolute atomic E-state index is 13.4. The maximum Gasteiger partial charge on any atom is 0.126 e. The van der Waals surface area contributed by atoms with E-state index in [9.17, 15) is 8.78 Å². The molecule has 0 saturated heterocycles. The molecule has 0 saturated carbocycles. The molecule has 1 aromatic carbocycles. The number of nitrogens with zero attached hydrogens (tertiary/aromatic N) is 1. The van der Waals surface area contributed by atoms with Gasteiger partial charge in [0.1, 0.15) is 11.6 Å². The number of halogens is 2. The van der Waals surface area contributed by atoms with Crippen molar-refractivity contribution < 1.29 is 8.78 Å². The monoisotopic (exact) mass is 284 g/mol. The second-order valence-corrected chi connectivity index (χ2v) is 5.20. The maximum atomic E-state index is 13.4. The van der Waals surface area contributed by atoms with Crippen molar-refractivity contribution in [3.8, 4) is 0 Å². The molecular weight excluding hydrogens is 258 g/mol. The average Bonchev–Trinajstić information content (AvgIpc) is 2.40. The Morgan fingerprint density at radius 3 is 1.90 bits per heavy atom. The van der Waals surface area contributed by atoms with Gasteiger partial charge in [-0.05, 0) is 43.6 Å². The zero-order valence-electron chi connectivity index (χ0n) is 12.5. The third-order valence-electron chi connectivity index (χ3n) is 3.53. The molecule has 0 aliphatic rings. The summed E-state index contributed by atoms with van der Waals surface area (Å²) < 4.78 is 26.8. The summed E-state index contributed by atoms with van der Waals surface area (Å²) in [6.45, 7) is 6.47. The van der Waals surface area contributed by atoms with Gasteiger partial charge in [0.25, 0.3) is 0 Å². The predicted molar refractivity (Wildman–Crippen MR) is 79.5 cm³/mol. The van der Waals surface area contributed by atoms with Crippen molar-refractivity contribution in [3.63, 3.8) is 0 Å². The molecule has 0 spiro atoms. The summed E-state index contributed by atoms with van der Waals surface area (Å²) in [6.07, 6.45) is 4.32. The molecule has 4 heteroatoms. The molecule has 0 fully saturated rings. The number of hydrogen-bond donors (Lipinski definition) is 1. The van der Waals surface area contributed by atoms with Crippen LogP contribution in [0.3, 0.4) is 0 Å². The molecule has 2 N–H and O–H groups in total. The fourth-order valence-corrected chi connectivity index (χ4v) is 2.41. The number of unbranched alkanes of at least 4 members (excludes halogenated alkanes) is 2. The lowest BCUT2D eigenvalue weighted by Crippen LogP contribution is -2.35. The van der Waals surface area contributed by atoms with Gasteiger partial charge in [-0.1, -0.05) is 26.7 Å². The van der Waals surface area contributed by atoms with Gasteiger partial charge in [-0.2, -0.15) is 0 Å². The van der Waals surface area contributed by atoms with Crippen LogP contribution in [0.25, 0.3) is 0 Å². The first-order valence-corrected chi connectivity index (χ1v) is 7.52. The molecule has 114 valence electrons. The van der Waals surface area contributed by atoms with Gasteiger partial charge in [-0.3, -0.25) is 4.90 Å². The summed E-state index contributed by atoms with van der Waals surface area (Å²) in [7, 11) is 0. The largest absolute Gasteiger partial charge is 0.329 e. The van der Waals surface area contributed by atoms with Crippen LogP contribution >= 0.6 is 0 Å². The van der Waals surface area contributed by atoms with E-state index in [1.165, 1.54) is 12.1 Å². The third kappa shape index (κ3) is 5.17. The van der Waals surface area contributed by atoms with Crippen LogP contribution in [0.1, 0.15) is 51.1 Å². The van der Waals surface area contributed by atoms with Gasteiger partial charge in [0.05, 0.1) is 0 Å². The minimum atomic E-state index is -0.538. The normalized spacial score (nSPS) is 12.9. The van der Waals surface area contributed by atoms with Crippen molar-refractivity contribution in [1.29, 1.82) is 0 Å². The Morgan fingerprint density at radius 2 is 1.50 bits per heavy atom. The van der Waals surface area contributed by atoms with Crippen LogP contribution in [0.4, 0.5) is 8.78 Å². The van der Waals surface area contributed by atoms with Crippen LogP contribution in [0.2, 0.25) is 0 Å². The molecule has 1 unspecified atom stereocenters. The van der Waals surface area contributed by atoms with Crippen LogP contribution in [0, 0.1) is 11.6 Å². The first-order valence-electron chi connectivity index (χ1n) is 7.52. The summed E-state index contributed by atoms with van der Waals surface area (Å²) in [4.78, 5) is 2.25. The van der Waals surface area contributed by atoms with E-state index >= 15 is 0 Å². The van der Waals surface area contributed by atoms with Crippen molar-refractivity contribution in [1.82, 2.24) is 4.90 Å². The highest BCUT2D eigenvalue weighted by atomic mass is 19.1. The fourth-order valence-electron chi connectivity index (χ4n) is 2.41. The molecule has 0 radical (unpaired) electrons. The fraction of sp³-hybridized carbons (Fsp3) is 0.625. The minimum absolute atomic E-state index is 0.113. The van der Waals surface area contributed by atoms with Gasteiger partial charge in [0.15, 0.2) is 0 Å². The Kier molecular flexibility index (Phi) is 7.70. The van der Waals surface area contributed by atoms with Gasteiger partial charge in [-0.15, -0.1) is 0 Å². The van der Waals surface area contributed by atoms with Crippen molar-refractivity contribution in [3.05, 3.63) is 35.4 Å². The Hall–Kier alpha value is -1.00. The molecule has 0 heterocycles. The van der Waals surface area contributed by atoms with E-state index in [0.29, 0.717) is 12.1 Å².